The zero-order chi connectivity index (χ0) is 32.7. The van der Waals surface area contributed by atoms with E-state index in [1.165, 1.54) is 11.6 Å². The molecule has 4 N–H and O–H groups in total. The Morgan fingerprint density at radius 2 is 1.05 bits per heavy atom. The molecular formula is C30H28BBr3Cl4O5. The van der Waals surface area contributed by atoms with Crippen LogP contribution in [0, 0.1) is 0 Å². The maximum atomic E-state index is 10.5. The van der Waals surface area contributed by atoms with E-state index in [0.29, 0.717) is 25.0 Å². The lowest BCUT2D eigenvalue weighted by atomic mass is 9.76. The SMILES string of the molecule is CCc1cc(Cl)ccc1B(O)O.CCc1cc(Cl)ccc1Br.O=C(O)c1cc(Cl)ccc1Br.OCc1cc(Cl)ccc1Br. The molecule has 0 amide bonds. The topological polar surface area (TPSA) is 98.0 Å². The molecule has 0 radical (unpaired) electrons. The van der Waals surface area contributed by atoms with Gasteiger partial charge in [-0.25, -0.2) is 4.79 Å². The summed E-state index contributed by atoms with van der Waals surface area (Å²) in [5.41, 5.74) is 3.65. The van der Waals surface area contributed by atoms with Crippen molar-refractivity contribution in [3.05, 3.63) is 129 Å². The Morgan fingerprint density at radius 3 is 1.42 bits per heavy atom. The number of carboxylic acid groups (broad SMARTS) is 1. The number of hydrogen-bond donors (Lipinski definition) is 4. The van der Waals surface area contributed by atoms with E-state index < -0.39 is 13.1 Å². The molecule has 0 aliphatic carbocycles. The molecule has 0 saturated heterocycles. The lowest BCUT2D eigenvalue weighted by Gasteiger charge is -2.06. The van der Waals surface area contributed by atoms with Crippen LogP contribution in [0.5, 0.6) is 0 Å². The third-order valence-electron chi connectivity index (χ3n) is 5.49. The molecule has 0 aromatic heterocycles. The Bertz CT molecular complexity index is 1440. The minimum atomic E-state index is -1.41. The lowest BCUT2D eigenvalue weighted by molar-refractivity contribution is 0.0696. The summed E-state index contributed by atoms with van der Waals surface area (Å²) < 4.78 is 2.56. The molecule has 230 valence electrons. The maximum Gasteiger partial charge on any atom is 0.488 e. The molecule has 43 heavy (non-hydrogen) atoms. The van der Waals surface area contributed by atoms with Crippen molar-refractivity contribution in [2.24, 2.45) is 0 Å². The average molecular weight is 861 g/mol. The van der Waals surface area contributed by atoms with Gasteiger partial charge in [-0.05, 0) is 118 Å². The summed E-state index contributed by atoms with van der Waals surface area (Å²) in [6.07, 6.45) is 1.76. The van der Waals surface area contributed by atoms with E-state index in [4.69, 9.17) is 66.7 Å². The highest BCUT2D eigenvalue weighted by molar-refractivity contribution is 9.11. The van der Waals surface area contributed by atoms with Crippen molar-refractivity contribution >= 4 is 113 Å². The van der Waals surface area contributed by atoms with Crippen molar-refractivity contribution in [2.75, 3.05) is 0 Å². The number of aliphatic hydroxyl groups excluding tert-OH is 1. The van der Waals surface area contributed by atoms with Crippen molar-refractivity contribution in [3.8, 4) is 0 Å². The molecule has 0 spiro atoms. The molecule has 0 heterocycles. The predicted octanol–water partition coefficient (Wildman–Crippen LogP) is 9.64. The van der Waals surface area contributed by atoms with E-state index >= 15 is 0 Å². The molecule has 0 unspecified atom stereocenters. The van der Waals surface area contributed by atoms with Crippen LogP contribution in [0.15, 0.2) is 86.2 Å². The van der Waals surface area contributed by atoms with Crippen LogP contribution in [0.1, 0.15) is 40.9 Å². The lowest BCUT2D eigenvalue weighted by Crippen LogP contribution is -2.32. The van der Waals surface area contributed by atoms with Gasteiger partial charge in [-0.2, -0.15) is 0 Å². The van der Waals surface area contributed by atoms with Gasteiger partial charge >= 0.3 is 13.1 Å². The number of carbonyl (C=O) groups is 1. The van der Waals surface area contributed by atoms with Gasteiger partial charge in [-0.15, -0.1) is 0 Å². The van der Waals surface area contributed by atoms with E-state index in [9.17, 15) is 4.79 Å². The zero-order valence-corrected chi connectivity index (χ0v) is 30.8. The molecule has 5 nitrogen and oxygen atoms in total. The maximum absolute atomic E-state index is 10.5. The van der Waals surface area contributed by atoms with Crippen molar-refractivity contribution in [1.29, 1.82) is 0 Å². The van der Waals surface area contributed by atoms with Crippen LogP contribution in [0.25, 0.3) is 0 Å². The largest absolute Gasteiger partial charge is 0.488 e. The Hall–Kier alpha value is -1.11. The van der Waals surface area contributed by atoms with E-state index in [-0.39, 0.29) is 12.2 Å². The van der Waals surface area contributed by atoms with Gasteiger partial charge in [0.15, 0.2) is 0 Å². The minimum Gasteiger partial charge on any atom is -0.478 e. The van der Waals surface area contributed by atoms with Gasteiger partial charge in [0, 0.05) is 33.5 Å². The van der Waals surface area contributed by atoms with Gasteiger partial charge in [0.25, 0.3) is 0 Å². The molecule has 4 aromatic carbocycles. The van der Waals surface area contributed by atoms with E-state index in [0.717, 1.165) is 37.9 Å². The number of aromatic carboxylic acids is 1. The number of aryl methyl sites for hydroxylation is 2. The second-order valence-corrected chi connectivity index (χ2v) is 12.8. The van der Waals surface area contributed by atoms with Crippen LogP contribution in [-0.2, 0) is 19.4 Å². The Labute approximate surface area is 297 Å². The standard InChI is InChI=1S/C8H10BClO2.C8H8BrCl.C7H4BrClO2.C7H6BrClO/c1-2-6-5-7(10)3-4-8(6)9(11)12;1-2-6-5-7(10)3-4-8(6)9;8-6-2-1-4(9)3-5(6)7(10)11;8-7-2-1-6(9)3-5(7)4-10/h3-5,11-12H,2H2,1H3;3-5H,2H2,1H3;1-3H,(H,10,11);1-3,10H,4H2. The molecule has 0 aliphatic rings. The first-order valence-electron chi connectivity index (χ1n) is 12.5. The summed E-state index contributed by atoms with van der Waals surface area (Å²) >= 11 is 32.5. The van der Waals surface area contributed by atoms with Crippen LogP contribution in [0.4, 0.5) is 0 Å². The van der Waals surface area contributed by atoms with Crippen LogP contribution >= 0.6 is 94.2 Å². The zero-order valence-electron chi connectivity index (χ0n) is 23.0. The van der Waals surface area contributed by atoms with Gasteiger partial charge in [-0.3, -0.25) is 0 Å². The summed E-state index contributed by atoms with van der Waals surface area (Å²) in [4.78, 5) is 10.5. The first-order valence-corrected chi connectivity index (χ1v) is 16.4. The van der Waals surface area contributed by atoms with Gasteiger partial charge in [-0.1, -0.05) is 98.2 Å². The number of halogens is 7. The highest BCUT2D eigenvalue weighted by atomic mass is 79.9. The summed E-state index contributed by atoms with van der Waals surface area (Å²) in [5, 5.41) is 37.7. The van der Waals surface area contributed by atoms with Gasteiger partial charge in [0.1, 0.15) is 0 Å². The van der Waals surface area contributed by atoms with Crippen LogP contribution in [-0.4, -0.2) is 33.3 Å². The summed E-state index contributed by atoms with van der Waals surface area (Å²) in [6, 6.07) is 20.8. The average Bonchev–Trinajstić information content (AvgIpc) is 2.97. The molecule has 13 heteroatoms. The molecule has 0 fully saturated rings. The number of rotatable bonds is 5. The number of aliphatic hydroxyl groups is 1. The number of carboxylic acids is 1. The summed E-state index contributed by atoms with van der Waals surface area (Å²) in [7, 11) is -1.41. The van der Waals surface area contributed by atoms with Crippen LogP contribution in [0.2, 0.25) is 20.1 Å². The molecule has 0 aliphatic heterocycles. The quantitative estimate of drug-likeness (QED) is 0.150. The minimum absolute atomic E-state index is 0.0150. The van der Waals surface area contributed by atoms with E-state index in [1.54, 1.807) is 42.5 Å². The predicted molar refractivity (Wildman–Crippen MR) is 190 cm³/mol. The molecule has 0 bridgehead atoms. The smallest absolute Gasteiger partial charge is 0.478 e. The van der Waals surface area contributed by atoms with Crippen molar-refractivity contribution in [2.45, 2.75) is 33.3 Å². The molecular weight excluding hydrogens is 833 g/mol. The fourth-order valence-electron chi connectivity index (χ4n) is 3.27. The second kappa shape index (κ2) is 20.8. The van der Waals surface area contributed by atoms with E-state index in [2.05, 4.69) is 54.7 Å². The highest BCUT2D eigenvalue weighted by Gasteiger charge is 2.14. The second-order valence-electron chi connectivity index (χ2n) is 8.48. The molecule has 4 rings (SSSR count). The van der Waals surface area contributed by atoms with Gasteiger partial charge in [0.05, 0.1) is 12.2 Å². The molecule has 0 saturated carbocycles. The van der Waals surface area contributed by atoms with Gasteiger partial charge < -0.3 is 20.3 Å². The fraction of sp³-hybridized carbons (Fsp3) is 0.167. The van der Waals surface area contributed by atoms with Crippen LogP contribution in [0.3, 0.4) is 0 Å². The van der Waals surface area contributed by atoms with Crippen molar-refractivity contribution < 1.29 is 25.1 Å². The van der Waals surface area contributed by atoms with E-state index in [1.807, 2.05) is 31.2 Å². The number of hydrogen-bond acceptors (Lipinski definition) is 4. The number of benzene rings is 4. The monoisotopic (exact) mass is 856 g/mol. The fourth-order valence-corrected chi connectivity index (χ4v) is 5.34. The Kier molecular flexibility index (Phi) is 19.3. The highest BCUT2D eigenvalue weighted by Crippen LogP contribution is 2.22. The third-order valence-corrected chi connectivity index (χ3v) is 8.67. The Balaban J connectivity index is 0.000000287. The van der Waals surface area contributed by atoms with Crippen molar-refractivity contribution in [3.63, 3.8) is 0 Å². The summed E-state index contributed by atoms with van der Waals surface area (Å²) in [5.74, 6) is -0.987. The molecule has 4 aromatic rings. The van der Waals surface area contributed by atoms with Crippen LogP contribution < -0.4 is 5.46 Å². The van der Waals surface area contributed by atoms with Crippen molar-refractivity contribution in [1.82, 2.24) is 0 Å². The normalized spacial score (nSPS) is 9.86. The first kappa shape index (κ1) is 39.9. The Morgan fingerprint density at radius 1 is 0.651 bits per heavy atom. The first-order chi connectivity index (χ1) is 20.2. The third kappa shape index (κ3) is 14.7. The molecule has 0 atom stereocenters. The van der Waals surface area contributed by atoms with Gasteiger partial charge in [0.2, 0.25) is 0 Å². The summed E-state index contributed by atoms with van der Waals surface area (Å²) in [6.45, 7) is 4.06.